The molecule has 0 aromatic heterocycles. The van der Waals surface area contributed by atoms with Crippen molar-refractivity contribution in [2.24, 2.45) is 4.99 Å². The van der Waals surface area contributed by atoms with Crippen LogP contribution >= 0.6 is 0 Å². The van der Waals surface area contributed by atoms with Gasteiger partial charge in [0.2, 0.25) is 5.90 Å². The molecule has 116 valence electrons. The maximum atomic E-state index is 5.51. The summed E-state index contributed by atoms with van der Waals surface area (Å²) in [6.07, 6.45) is 0. The fourth-order valence-electron chi connectivity index (χ4n) is 3.09. The topological polar surface area (TPSA) is 21.6 Å². The van der Waals surface area contributed by atoms with Crippen molar-refractivity contribution in [3.05, 3.63) is 107 Å². The van der Waals surface area contributed by atoms with Crippen molar-refractivity contribution in [2.45, 2.75) is 0 Å². The van der Waals surface area contributed by atoms with Gasteiger partial charge in [0.1, 0.15) is 0 Å². The van der Waals surface area contributed by atoms with Gasteiger partial charge in [0.15, 0.2) is 0 Å². The van der Waals surface area contributed by atoms with Crippen molar-refractivity contribution in [3.8, 4) is 0 Å². The van der Waals surface area contributed by atoms with Gasteiger partial charge in [0.25, 0.3) is 0 Å². The van der Waals surface area contributed by atoms with Gasteiger partial charge >= 0.3 is 0 Å². The molecule has 0 radical (unpaired) electrons. The van der Waals surface area contributed by atoms with Crippen LogP contribution in [0.25, 0.3) is 11.3 Å². The van der Waals surface area contributed by atoms with Gasteiger partial charge in [0, 0.05) is 16.7 Å². The van der Waals surface area contributed by atoms with E-state index in [1.807, 2.05) is 24.3 Å². The van der Waals surface area contributed by atoms with Gasteiger partial charge in [-0.2, -0.15) is 0 Å². The van der Waals surface area contributed by atoms with Crippen LogP contribution in [0, 0.1) is 0 Å². The highest BCUT2D eigenvalue weighted by Gasteiger charge is 2.24. The lowest BCUT2D eigenvalue weighted by Gasteiger charge is -2.12. The highest BCUT2D eigenvalue weighted by atomic mass is 16.5. The normalized spacial score (nSPS) is 12.5. The quantitative estimate of drug-likeness (QED) is 0.652. The molecule has 0 bridgehead atoms. The lowest BCUT2D eigenvalue weighted by atomic mass is 9.93. The molecule has 0 aliphatic carbocycles. The monoisotopic (exact) mass is 311 g/mol. The third-order valence-corrected chi connectivity index (χ3v) is 4.18. The molecule has 3 aromatic rings. The van der Waals surface area contributed by atoms with Gasteiger partial charge in [0.05, 0.1) is 12.8 Å². The Hall–Kier alpha value is -3.13. The number of aliphatic imine (C=N–C) groups is 1. The minimum atomic E-state index is 0.671. The molecule has 0 unspecified atom stereocenters. The molecule has 0 saturated heterocycles. The second kappa shape index (κ2) is 6.17. The number of benzene rings is 3. The van der Waals surface area contributed by atoms with Crippen LogP contribution in [0.15, 0.2) is 89.9 Å². The van der Waals surface area contributed by atoms with Crippen molar-refractivity contribution in [1.29, 1.82) is 0 Å². The number of ether oxygens (including phenoxy) is 1. The molecule has 2 nitrogen and oxygen atoms in total. The Morgan fingerprint density at radius 2 is 1.17 bits per heavy atom. The first-order chi connectivity index (χ1) is 11.9. The predicted molar refractivity (Wildman–Crippen MR) is 98.8 cm³/mol. The molecule has 0 saturated carbocycles. The lowest BCUT2D eigenvalue weighted by molar-refractivity contribution is 0.406. The zero-order valence-electron chi connectivity index (χ0n) is 13.4. The summed E-state index contributed by atoms with van der Waals surface area (Å²) in [5.74, 6) is 0.671. The molecule has 4 rings (SSSR count). The molecule has 1 heterocycles. The number of fused-ring (bicyclic) bond motifs is 1. The van der Waals surface area contributed by atoms with E-state index >= 15 is 0 Å². The fourth-order valence-corrected chi connectivity index (χ4v) is 3.09. The van der Waals surface area contributed by atoms with Gasteiger partial charge in [-0.05, 0) is 17.2 Å². The minimum absolute atomic E-state index is 0.671. The van der Waals surface area contributed by atoms with Crippen LogP contribution < -0.4 is 0 Å². The van der Waals surface area contributed by atoms with Crippen LogP contribution in [-0.4, -0.2) is 13.0 Å². The van der Waals surface area contributed by atoms with Gasteiger partial charge < -0.3 is 4.74 Å². The summed E-state index contributed by atoms with van der Waals surface area (Å²) in [6.45, 7) is 0. The Morgan fingerprint density at radius 1 is 0.667 bits per heavy atom. The van der Waals surface area contributed by atoms with Crippen molar-refractivity contribution >= 4 is 17.2 Å². The molecule has 0 N–H and O–H groups in total. The Bertz CT molecular complexity index is 883. The first kappa shape index (κ1) is 14.5. The molecule has 1 aliphatic heterocycles. The molecule has 0 atom stereocenters. The first-order valence-electron chi connectivity index (χ1n) is 7.96. The second-order valence-electron chi connectivity index (χ2n) is 5.62. The average Bonchev–Trinajstić information content (AvgIpc) is 3.03. The van der Waals surface area contributed by atoms with Crippen LogP contribution in [0.5, 0.6) is 0 Å². The maximum Gasteiger partial charge on any atom is 0.221 e. The van der Waals surface area contributed by atoms with Crippen LogP contribution in [0.2, 0.25) is 0 Å². The summed E-state index contributed by atoms with van der Waals surface area (Å²) in [4.78, 5) is 4.80. The first-order valence-corrected chi connectivity index (χ1v) is 7.96. The Kier molecular flexibility index (Phi) is 3.72. The molecule has 1 aliphatic rings. The molecule has 2 heteroatoms. The number of methoxy groups -OCH3 is 1. The van der Waals surface area contributed by atoms with Gasteiger partial charge in [-0.1, -0.05) is 78.9 Å². The molecular weight excluding hydrogens is 294 g/mol. The summed E-state index contributed by atoms with van der Waals surface area (Å²) in [7, 11) is 1.67. The van der Waals surface area contributed by atoms with E-state index in [0.29, 0.717) is 5.90 Å². The standard InChI is InChI=1S/C22H17NO/c1-24-22-19-15-9-8-14-18(19)21(23-22)20(16-10-4-2-5-11-16)17-12-6-3-7-13-17/h2-15H,1H3. The molecule has 0 fully saturated rings. The fraction of sp³-hybridized carbons (Fsp3) is 0.0455. The number of hydrogen-bond acceptors (Lipinski definition) is 2. The zero-order valence-corrected chi connectivity index (χ0v) is 13.4. The molecule has 0 spiro atoms. The van der Waals surface area contributed by atoms with Crippen molar-refractivity contribution in [3.63, 3.8) is 0 Å². The van der Waals surface area contributed by atoms with Crippen molar-refractivity contribution in [2.75, 3.05) is 7.11 Å². The summed E-state index contributed by atoms with van der Waals surface area (Å²) >= 11 is 0. The smallest absolute Gasteiger partial charge is 0.221 e. The van der Waals surface area contributed by atoms with E-state index in [9.17, 15) is 0 Å². The summed E-state index contributed by atoms with van der Waals surface area (Å²) in [6, 6.07) is 29.0. The van der Waals surface area contributed by atoms with Crippen LogP contribution in [-0.2, 0) is 4.74 Å². The van der Waals surface area contributed by atoms with E-state index in [1.54, 1.807) is 7.11 Å². The van der Waals surface area contributed by atoms with Crippen molar-refractivity contribution in [1.82, 2.24) is 0 Å². The summed E-state index contributed by atoms with van der Waals surface area (Å²) in [5.41, 5.74) is 6.52. The van der Waals surface area contributed by atoms with Gasteiger partial charge in [-0.15, -0.1) is 0 Å². The number of nitrogens with zero attached hydrogens (tertiary/aromatic N) is 1. The average molecular weight is 311 g/mol. The van der Waals surface area contributed by atoms with Gasteiger partial charge in [-0.25, -0.2) is 4.99 Å². The van der Waals surface area contributed by atoms with E-state index in [0.717, 1.165) is 33.5 Å². The second-order valence-corrected chi connectivity index (χ2v) is 5.62. The number of hydrogen-bond donors (Lipinski definition) is 0. The third kappa shape index (κ3) is 2.42. The van der Waals surface area contributed by atoms with E-state index in [1.165, 1.54) is 0 Å². The highest BCUT2D eigenvalue weighted by molar-refractivity contribution is 6.13. The molecule has 24 heavy (non-hydrogen) atoms. The third-order valence-electron chi connectivity index (χ3n) is 4.18. The van der Waals surface area contributed by atoms with Gasteiger partial charge in [-0.3, -0.25) is 0 Å². The largest absolute Gasteiger partial charge is 0.481 e. The lowest BCUT2D eigenvalue weighted by Crippen LogP contribution is -1.99. The maximum absolute atomic E-state index is 5.51. The Balaban J connectivity index is 2.04. The van der Waals surface area contributed by atoms with Crippen LogP contribution in [0.3, 0.4) is 0 Å². The zero-order chi connectivity index (χ0) is 16.4. The molecular formula is C22H17NO. The molecule has 0 amide bonds. The highest BCUT2D eigenvalue weighted by Crippen LogP contribution is 2.38. The van der Waals surface area contributed by atoms with Crippen LogP contribution in [0.1, 0.15) is 22.3 Å². The molecule has 3 aromatic carbocycles. The minimum Gasteiger partial charge on any atom is -0.481 e. The van der Waals surface area contributed by atoms with E-state index < -0.39 is 0 Å². The van der Waals surface area contributed by atoms with E-state index in [2.05, 4.69) is 60.7 Å². The Labute approximate surface area is 141 Å². The van der Waals surface area contributed by atoms with E-state index in [-0.39, 0.29) is 0 Å². The predicted octanol–water partition coefficient (Wildman–Crippen LogP) is 5.01. The number of rotatable bonds is 2. The van der Waals surface area contributed by atoms with E-state index in [4.69, 9.17) is 9.73 Å². The summed E-state index contributed by atoms with van der Waals surface area (Å²) < 4.78 is 5.51. The summed E-state index contributed by atoms with van der Waals surface area (Å²) in [5, 5.41) is 0. The van der Waals surface area contributed by atoms with Crippen molar-refractivity contribution < 1.29 is 4.74 Å². The SMILES string of the molecule is COC1=NC(=C(c2ccccc2)c2ccccc2)c2ccccc21. The van der Waals surface area contributed by atoms with Crippen LogP contribution in [0.4, 0.5) is 0 Å². The Morgan fingerprint density at radius 3 is 1.71 bits per heavy atom.